The number of aromatic nitrogens is 2. The first-order valence-corrected chi connectivity index (χ1v) is 4.97. The van der Waals surface area contributed by atoms with Gasteiger partial charge in [0, 0.05) is 10.9 Å². The van der Waals surface area contributed by atoms with Crippen molar-refractivity contribution < 1.29 is 5.11 Å². The highest BCUT2D eigenvalue weighted by Gasteiger charge is 2.04. The minimum absolute atomic E-state index is 0.241. The number of nitrogens with zero attached hydrogens (tertiary/aromatic N) is 1. The second-order valence-electron chi connectivity index (χ2n) is 3.62. The fourth-order valence-electron chi connectivity index (χ4n) is 1.78. The van der Waals surface area contributed by atoms with Crippen molar-refractivity contribution in [2.45, 2.75) is 0 Å². The van der Waals surface area contributed by atoms with Gasteiger partial charge < -0.3 is 5.11 Å². The standard InChI is InChI=1S/C13H9N2O/c16-13-4-2-1-3-11(13)9-5-6-12-10(7-9)8-14-15-12/h1,3-8,16H,(H,14,15). The van der Waals surface area contributed by atoms with Crippen molar-refractivity contribution in [3.63, 3.8) is 0 Å². The summed E-state index contributed by atoms with van der Waals surface area (Å²) in [5.41, 5.74) is 2.77. The Balaban J connectivity index is 2.22. The van der Waals surface area contributed by atoms with Crippen molar-refractivity contribution in [2.24, 2.45) is 0 Å². The van der Waals surface area contributed by atoms with Gasteiger partial charge in [0.15, 0.2) is 0 Å². The van der Waals surface area contributed by atoms with Crippen LogP contribution in [0, 0.1) is 6.07 Å². The summed E-state index contributed by atoms with van der Waals surface area (Å²) >= 11 is 0. The molecule has 16 heavy (non-hydrogen) atoms. The van der Waals surface area contributed by atoms with E-state index in [0.717, 1.165) is 22.0 Å². The number of aromatic amines is 1. The van der Waals surface area contributed by atoms with Gasteiger partial charge in [-0.15, -0.1) is 0 Å². The fraction of sp³-hybridized carbons (Fsp3) is 0. The predicted octanol–water partition coefficient (Wildman–Crippen LogP) is 2.74. The molecule has 0 aliphatic carbocycles. The highest BCUT2D eigenvalue weighted by Crippen LogP contribution is 2.30. The fourth-order valence-corrected chi connectivity index (χ4v) is 1.78. The molecule has 0 atom stereocenters. The highest BCUT2D eigenvalue weighted by molar-refractivity contribution is 5.85. The Bertz CT molecular complexity index is 643. The molecule has 3 nitrogen and oxygen atoms in total. The van der Waals surface area contributed by atoms with E-state index in [2.05, 4.69) is 16.3 Å². The molecular weight excluding hydrogens is 200 g/mol. The molecule has 0 fully saturated rings. The Labute approximate surface area is 92.4 Å². The Morgan fingerprint density at radius 3 is 3.06 bits per heavy atom. The van der Waals surface area contributed by atoms with Crippen LogP contribution in [0.15, 0.2) is 42.6 Å². The zero-order valence-electron chi connectivity index (χ0n) is 8.44. The molecule has 2 N–H and O–H groups in total. The Hall–Kier alpha value is -2.29. The number of aromatic hydroxyl groups is 1. The summed E-state index contributed by atoms with van der Waals surface area (Å²) in [6.45, 7) is 0. The monoisotopic (exact) mass is 209 g/mol. The van der Waals surface area contributed by atoms with Crippen molar-refractivity contribution >= 4 is 10.9 Å². The molecule has 1 heterocycles. The number of benzene rings is 2. The van der Waals surface area contributed by atoms with Gasteiger partial charge in [0.05, 0.1) is 11.7 Å². The molecule has 3 heteroatoms. The van der Waals surface area contributed by atoms with Crippen molar-refractivity contribution in [1.82, 2.24) is 10.2 Å². The first-order chi connectivity index (χ1) is 7.84. The highest BCUT2D eigenvalue weighted by atomic mass is 16.3. The molecule has 0 saturated carbocycles. The lowest BCUT2D eigenvalue weighted by Gasteiger charge is -2.03. The summed E-state index contributed by atoms with van der Waals surface area (Å²) in [5.74, 6) is 0.241. The maximum absolute atomic E-state index is 9.73. The van der Waals surface area contributed by atoms with E-state index >= 15 is 0 Å². The average molecular weight is 209 g/mol. The summed E-state index contributed by atoms with van der Waals surface area (Å²) in [6.07, 6.45) is 1.77. The van der Waals surface area contributed by atoms with Gasteiger partial charge in [0.2, 0.25) is 0 Å². The van der Waals surface area contributed by atoms with Gasteiger partial charge in [-0.25, -0.2) is 0 Å². The van der Waals surface area contributed by atoms with E-state index in [4.69, 9.17) is 0 Å². The van der Waals surface area contributed by atoms with Crippen LogP contribution in [0.25, 0.3) is 22.0 Å². The van der Waals surface area contributed by atoms with E-state index in [0.29, 0.717) is 0 Å². The van der Waals surface area contributed by atoms with E-state index in [1.54, 1.807) is 18.3 Å². The maximum atomic E-state index is 9.73. The third-order valence-corrected chi connectivity index (χ3v) is 2.59. The van der Waals surface area contributed by atoms with E-state index in [1.165, 1.54) is 0 Å². The lowest BCUT2D eigenvalue weighted by atomic mass is 10.0. The summed E-state index contributed by atoms with van der Waals surface area (Å²) in [7, 11) is 0. The van der Waals surface area contributed by atoms with Gasteiger partial charge in [-0.3, -0.25) is 5.10 Å². The number of phenolic OH excluding ortho intramolecular Hbond substituents is 1. The SMILES string of the molecule is Oc1c[c]ccc1-c1ccc2[nH]ncc2c1. The number of nitrogens with one attached hydrogen (secondary N) is 1. The number of H-pyrrole nitrogens is 1. The molecule has 1 aromatic heterocycles. The third kappa shape index (κ3) is 1.34. The molecule has 0 unspecified atom stereocenters. The van der Waals surface area contributed by atoms with Crippen LogP contribution >= 0.6 is 0 Å². The minimum atomic E-state index is 0.241. The van der Waals surface area contributed by atoms with Gasteiger partial charge in [-0.2, -0.15) is 5.10 Å². The van der Waals surface area contributed by atoms with E-state index in [1.807, 2.05) is 24.3 Å². The molecule has 3 rings (SSSR count). The molecule has 3 aromatic rings. The molecule has 1 radical (unpaired) electrons. The normalized spacial score (nSPS) is 10.8. The molecule has 2 aromatic carbocycles. The quantitative estimate of drug-likeness (QED) is 0.647. The van der Waals surface area contributed by atoms with E-state index in [9.17, 15) is 5.11 Å². The molecule has 0 saturated heterocycles. The third-order valence-electron chi connectivity index (χ3n) is 2.59. The van der Waals surface area contributed by atoms with Gasteiger partial charge in [0.1, 0.15) is 5.75 Å². The summed E-state index contributed by atoms with van der Waals surface area (Å²) in [5, 5.41) is 17.6. The second-order valence-corrected chi connectivity index (χ2v) is 3.62. The van der Waals surface area contributed by atoms with Gasteiger partial charge in [0.25, 0.3) is 0 Å². The van der Waals surface area contributed by atoms with Crippen molar-refractivity contribution in [1.29, 1.82) is 0 Å². The van der Waals surface area contributed by atoms with Gasteiger partial charge in [-0.1, -0.05) is 18.2 Å². The molecular formula is C13H9N2O. The molecule has 0 aliphatic heterocycles. The molecule has 0 bridgehead atoms. The maximum Gasteiger partial charge on any atom is 0.124 e. The van der Waals surface area contributed by atoms with E-state index in [-0.39, 0.29) is 5.75 Å². The summed E-state index contributed by atoms with van der Waals surface area (Å²) < 4.78 is 0. The first kappa shape index (κ1) is 8.97. The smallest absolute Gasteiger partial charge is 0.124 e. The topological polar surface area (TPSA) is 48.9 Å². The van der Waals surface area contributed by atoms with Crippen LogP contribution in [-0.4, -0.2) is 15.3 Å². The number of fused-ring (bicyclic) bond motifs is 1. The molecule has 0 amide bonds. The van der Waals surface area contributed by atoms with Crippen molar-refractivity contribution in [3.05, 3.63) is 48.7 Å². The first-order valence-electron chi connectivity index (χ1n) is 4.97. The number of phenols is 1. The van der Waals surface area contributed by atoms with Crippen LogP contribution in [0.4, 0.5) is 0 Å². The second kappa shape index (κ2) is 3.38. The van der Waals surface area contributed by atoms with Crippen LogP contribution in [0.1, 0.15) is 0 Å². The van der Waals surface area contributed by atoms with Crippen molar-refractivity contribution in [2.75, 3.05) is 0 Å². The average Bonchev–Trinajstić information content (AvgIpc) is 2.76. The number of rotatable bonds is 1. The summed E-state index contributed by atoms with van der Waals surface area (Å²) in [6, 6.07) is 13.9. The predicted molar refractivity (Wildman–Crippen MR) is 62.0 cm³/mol. The lowest BCUT2D eigenvalue weighted by molar-refractivity contribution is 0.477. The molecule has 0 spiro atoms. The Morgan fingerprint density at radius 2 is 2.19 bits per heavy atom. The van der Waals surface area contributed by atoms with Crippen LogP contribution in [0.5, 0.6) is 5.75 Å². The lowest BCUT2D eigenvalue weighted by Crippen LogP contribution is -1.78. The van der Waals surface area contributed by atoms with Crippen LogP contribution in [-0.2, 0) is 0 Å². The molecule has 77 valence electrons. The van der Waals surface area contributed by atoms with Crippen LogP contribution < -0.4 is 0 Å². The number of hydrogen-bond acceptors (Lipinski definition) is 2. The summed E-state index contributed by atoms with van der Waals surface area (Å²) in [4.78, 5) is 0. The van der Waals surface area contributed by atoms with Crippen molar-refractivity contribution in [3.8, 4) is 16.9 Å². The largest absolute Gasteiger partial charge is 0.507 e. The zero-order valence-corrected chi connectivity index (χ0v) is 8.44. The van der Waals surface area contributed by atoms with Crippen LogP contribution in [0.2, 0.25) is 0 Å². The minimum Gasteiger partial charge on any atom is -0.507 e. The Morgan fingerprint density at radius 1 is 1.25 bits per heavy atom. The van der Waals surface area contributed by atoms with Gasteiger partial charge in [-0.05, 0) is 29.8 Å². The van der Waals surface area contributed by atoms with E-state index < -0.39 is 0 Å². The molecule has 0 aliphatic rings. The van der Waals surface area contributed by atoms with Crippen LogP contribution in [0.3, 0.4) is 0 Å². The Kier molecular flexibility index (Phi) is 1.90. The number of hydrogen-bond donors (Lipinski definition) is 2. The van der Waals surface area contributed by atoms with Gasteiger partial charge >= 0.3 is 0 Å². The zero-order chi connectivity index (χ0) is 11.0.